The molecule has 8 nitrogen and oxygen atoms in total. The number of carbonyl (C=O) groups is 1. The van der Waals surface area contributed by atoms with Crippen LogP contribution in [0.5, 0.6) is 5.75 Å². The van der Waals surface area contributed by atoms with Crippen molar-refractivity contribution >= 4 is 11.7 Å². The van der Waals surface area contributed by atoms with E-state index in [1.807, 2.05) is 0 Å². The third kappa shape index (κ3) is 4.86. The van der Waals surface area contributed by atoms with Gasteiger partial charge >= 0.3 is 0 Å². The lowest BCUT2D eigenvalue weighted by Gasteiger charge is -2.52. The first kappa shape index (κ1) is 25.1. The molecule has 1 aliphatic heterocycles. The molecular weight excluding hydrogens is 452 g/mol. The van der Waals surface area contributed by atoms with Gasteiger partial charge in [0, 0.05) is 24.2 Å². The first-order valence-electron chi connectivity index (χ1n) is 13.3. The Bertz CT molecular complexity index is 1030. The Hall–Kier alpha value is -2.55. The predicted molar refractivity (Wildman–Crippen MR) is 141 cm³/mol. The normalized spacial score (nSPS) is 27.3. The predicted octanol–water partition coefficient (Wildman–Crippen LogP) is 3.57. The van der Waals surface area contributed by atoms with E-state index in [1.165, 1.54) is 31.2 Å². The van der Waals surface area contributed by atoms with Gasteiger partial charge in [-0.25, -0.2) is 9.97 Å². The van der Waals surface area contributed by atoms with Crippen LogP contribution in [0, 0.1) is 5.92 Å². The zero-order chi connectivity index (χ0) is 25.2. The largest absolute Gasteiger partial charge is 0.491 e. The number of hydrogen-bond acceptors (Lipinski definition) is 7. The van der Waals surface area contributed by atoms with Gasteiger partial charge in [0.15, 0.2) is 11.6 Å². The van der Waals surface area contributed by atoms with Crippen LogP contribution < -0.4 is 10.1 Å². The molecule has 2 aliphatic carbocycles. The van der Waals surface area contributed by atoms with Crippen molar-refractivity contribution < 1.29 is 9.53 Å². The van der Waals surface area contributed by atoms with E-state index in [1.54, 1.807) is 13.3 Å². The molecule has 0 unspecified atom stereocenters. The number of rotatable bonds is 8. The first-order valence-corrected chi connectivity index (χ1v) is 13.3. The van der Waals surface area contributed by atoms with Gasteiger partial charge in [0.25, 0.3) is 0 Å². The quantitative estimate of drug-likeness (QED) is 0.604. The number of amides is 1. The van der Waals surface area contributed by atoms with Gasteiger partial charge in [0.1, 0.15) is 6.33 Å². The highest BCUT2D eigenvalue weighted by Crippen LogP contribution is 2.49. The molecule has 1 N–H and O–H groups in total. The van der Waals surface area contributed by atoms with Crippen molar-refractivity contribution in [1.82, 2.24) is 24.7 Å². The second-order valence-corrected chi connectivity index (χ2v) is 11.2. The molecule has 1 aromatic heterocycles. The average molecular weight is 493 g/mol. The maximum atomic E-state index is 13.0. The molecule has 2 heterocycles. The minimum atomic E-state index is -0.0598. The highest BCUT2D eigenvalue weighted by molar-refractivity contribution is 5.92. The van der Waals surface area contributed by atoms with E-state index in [0.717, 1.165) is 51.4 Å². The van der Waals surface area contributed by atoms with Crippen LogP contribution in [0.15, 0.2) is 42.9 Å². The third-order valence-corrected chi connectivity index (χ3v) is 8.96. The summed E-state index contributed by atoms with van der Waals surface area (Å²) in [6, 6.07) is 11.0. The molecule has 36 heavy (non-hydrogen) atoms. The molecule has 2 aromatic rings. The van der Waals surface area contributed by atoms with E-state index >= 15 is 0 Å². The number of nitrogens with one attached hydrogen (secondary N) is 1. The summed E-state index contributed by atoms with van der Waals surface area (Å²) in [4.78, 5) is 28.6. The maximum absolute atomic E-state index is 13.0. The number of anilines is 1. The maximum Gasteiger partial charge on any atom is 0.239 e. The summed E-state index contributed by atoms with van der Waals surface area (Å²) >= 11 is 0. The van der Waals surface area contributed by atoms with Gasteiger partial charge in [0.05, 0.1) is 26.5 Å². The molecule has 0 radical (unpaired) electrons. The van der Waals surface area contributed by atoms with Gasteiger partial charge < -0.3 is 10.1 Å². The van der Waals surface area contributed by atoms with Crippen LogP contribution in [0.2, 0.25) is 0 Å². The van der Waals surface area contributed by atoms with Crippen molar-refractivity contribution in [1.29, 1.82) is 0 Å². The van der Waals surface area contributed by atoms with Gasteiger partial charge in [-0.05, 0) is 64.1 Å². The van der Waals surface area contributed by atoms with Gasteiger partial charge in [-0.3, -0.25) is 19.5 Å². The zero-order valence-corrected chi connectivity index (χ0v) is 21.9. The van der Waals surface area contributed by atoms with Crippen LogP contribution in [0.4, 0.5) is 5.82 Å². The fourth-order valence-corrected chi connectivity index (χ4v) is 6.58. The van der Waals surface area contributed by atoms with Crippen LogP contribution in [0.1, 0.15) is 50.5 Å². The highest BCUT2D eigenvalue weighted by atomic mass is 16.5. The first-order chi connectivity index (χ1) is 17.4. The number of nitrogens with zero attached hydrogens (tertiary/aromatic N) is 5. The minimum Gasteiger partial charge on any atom is -0.491 e. The van der Waals surface area contributed by atoms with E-state index in [-0.39, 0.29) is 17.0 Å². The SMILES string of the molecule is COc1cncnc1NC(=O)CN1CN(CC2CCC2)C2(CCC(c3ccccc3)(N(C)C)CC2)C1. The Balaban J connectivity index is 1.30. The molecule has 1 saturated heterocycles. The lowest BCUT2D eigenvalue weighted by molar-refractivity contribution is -0.117. The second-order valence-electron chi connectivity index (χ2n) is 11.2. The van der Waals surface area contributed by atoms with E-state index in [2.05, 4.69) is 74.4 Å². The summed E-state index contributed by atoms with van der Waals surface area (Å²) in [5, 5.41) is 2.93. The van der Waals surface area contributed by atoms with Crippen molar-refractivity contribution in [2.24, 2.45) is 5.92 Å². The van der Waals surface area contributed by atoms with E-state index in [0.29, 0.717) is 18.1 Å². The molecule has 194 valence electrons. The molecule has 0 bridgehead atoms. The van der Waals surface area contributed by atoms with Crippen LogP contribution in [-0.4, -0.2) is 83.6 Å². The number of methoxy groups -OCH3 is 1. The van der Waals surface area contributed by atoms with Crippen LogP contribution >= 0.6 is 0 Å². The third-order valence-electron chi connectivity index (χ3n) is 8.96. The Labute approximate surface area is 215 Å². The molecule has 1 aromatic carbocycles. The molecule has 2 saturated carbocycles. The number of carbonyl (C=O) groups excluding carboxylic acids is 1. The smallest absolute Gasteiger partial charge is 0.239 e. The monoisotopic (exact) mass is 492 g/mol. The number of aromatic nitrogens is 2. The molecule has 0 atom stereocenters. The zero-order valence-electron chi connectivity index (χ0n) is 21.9. The summed E-state index contributed by atoms with van der Waals surface area (Å²) in [6.45, 7) is 3.29. The molecule has 5 rings (SSSR count). The van der Waals surface area contributed by atoms with Crippen LogP contribution in [0.3, 0.4) is 0 Å². The molecule has 3 aliphatic rings. The summed E-state index contributed by atoms with van der Waals surface area (Å²) in [6.07, 6.45) is 11.6. The lowest BCUT2D eigenvalue weighted by atomic mass is 9.68. The molecule has 3 fully saturated rings. The average Bonchev–Trinajstić information content (AvgIpc) is 3.18. The fourth-order valence-electron chi connectivity index (χ4n) is 6.58. The topological polar surface area (TPSA) is 73.8 Å². The fraction of sp³-hybridized carbons (Fsp3) is 0.607. The Kier molecular flexibility index (Phi) is 7.28. The van der Waals surface area contributed by atoms with Crippen molar-refractivity contribution in [3.05, 3.63) is 48.4 Å². The van der Waals surface area contributed by atoms with Crippen molar-refractivity contribution in [3.8, 4) is 5.75 Å². The summed E-state index contributed by atoms with van der Waals surface area (Å²) in [7, 11) is 6.01. The molecular formula is C28H40N6O2. The van der Waals surface area contributed by atoms with E-state index < -0.39 is 0 Å². The number of benzene rings is 1. The van der Waals surface area contributed by atoms with Gasteiger partial charge in [-0.15, -0.1) is 0 Å². The van der Waals surface area contributed by atoms with Gasteiger partial charge in [-0.1, -0.05) is 36.8 Å². The highest BCUT2D eigenvalue weighted by Gasteiger charge is 2.52. The van der Waals surface area contributed by atoms with Gasteiger partial charge in [-0.2, -0.15) is 0 Å². The standard InChI is InChI=1S/C28H40N6O2/c1-32(2)28(23-10-5-4-6-11-23)14-12-27(13-15-28)19-33(21-34(27)17-22-8-7-9-22)18-25(35)31-26-24(36-3)16-29-20-30-26/h4-6,10-11,16,20,22H,7-9,12-15,17-19,21H2,1-3H3,(H,29,30,31,35). The second kappa shape index (κ2) is 10.4. The minimum absolute atomic E-state index is 0.0598. The number of hydrogen-bond donors (Lipinski definition) is 1. The lowest BCUT2D eigenvalue weighted by Crippen LogP contribution is -2.56. The van der Waals surface area contributed by atoms with Crippen molar-refractivity contribution in [3.63, 3.8) is 0 Å². The van der Waals surface area contributed by atoms with Crippen molar-refractivity contribution in [2.75, 3.05) is 52.8 Å². The van der Waals surface area contributed by atoms with Crippen LogP contribution in [0.25, 0.3) is 0 Å². The summed E-state index contributed by atoms with van der Waals surface area (Å²) < 4.78 is 5.30. The molecule has 1 spiro atoms. The molecule has 1 amide bonds. The molecule has 8 heteroatoms. The number of ether oxygens (including phenoxy) is 1. The Morgan fingerprint density at radius 1 is 1.17 bits per heavy atom. The van der Waals surface area contributed by atoms with Crippen LogP contribution in [-0.2, 0) is 10.3 Å². The van der Waals surface area contributed by atoms with E-state index in [9.17, 15) is 4.79 Å². The summed E-state index contributed by atoms with van der Waals surface area (Å²) in [5.41, 5.74) is 1.63. The Morgan fingerprint density at radius 2 is 1.92 bits per heavy atom. The van der Waals surface area contributed by atoms with Crippen molar-refractivity contribution in [2.45, 2.75) is 56.0 Å². The Morgan fingerprint density at radius 3 is 2.56 bits per heavy atom. The van der Waals surface area contributed by atoms with Gasteiger partial charge in [0.2, 0.25) is 5.91 Å². The van der Waals surface area contributed by atoms with E-state index in [4.69, 9.17) is 4.74 Å². The summed E-state index contributed by atoms with van der Waals surface area (Å²) in [5.74, 6) is 1.64.